The van der Waals surface area contributed by atoms with E-state index in [4.69, 9.17) is 10.00 Å². The summed E-state index contributed by atoms with van der Waals surface area (Å²) in [6.45, 7) is 3.61. The predicted octanol–water partition coefficient (Wildman–Crippen LogP) is 2.87. The maximum Gasteiger partial charge on any atom is 0.156 e. The maximum atomic E-state index is 8.81. The van der Waals surface area contributed by atoms with Crippen LogP contribution in [0.5, 0.6) is 0 Å². The fraction of sp³-hybridized carbons (Fsp3) is 0.929. The third kappa shape index (κ3) is 7.25. The largest absolute Gasteiger partial charge is 0.361 e. The zero-order valence-electron chi connectivity index (χ0n) is 11.3. The van der Waals surface area contributed by atoms with E-state index in [1.165, 1.54) is 44.9 Å². The van der Waals surface area contributed by atoms with E-state index in [-0.39, 0.29) is 6.10 Å². The molecule has 0 aliphatic carbocycles. The van der Waals surface area contributed by atoms with Gasteiger partial charge in [-0.05, 0) is 25.1 Å². The Bertz CT molecular complexity index is 242. The molecule has 1 saturated heterocycles. The van der Waals surface area contributed by atoms with Gasteiger partial charge in [0.2, 0.25) is 0 Å². The van der Waals surface area contributed by atoms with Crippen molar-refractivity contribution in [1.29, 1.82) is 5.26 Å². The summed E-state index contributed by atoms with van der Waals surface area (Å²) in [5.74, 6) is 1.02. The minimum atomic E-state index is -0.208. The lowest BCUT2D eigenvalue weighted by Crippen LogP contribution is -2.42. The normalized spacial score (nSPS) is 20.8. The number of ether oxygens (including phenoxy) is 1. The summed E-state index contributed by atoms with van der Waals surface area (Å²) in [6, 6.07) is 2.19. The van der Waals surface area contributed by atoms with Gasteiger partial charge in [-0.3, -0.25) is 4.90 Å². The molecule has 0 amide bonds. The SMILES string of the molecule is N#CC1CN(CCCCCCCCCS)CCO1. The van der Waals surface area contributed by atoms with Crippen LogP contribution in [0.2, 0.25) is 0 Å². The first-order chi connectivity index (χ1) is 8.86. The first-order valence-corrected chi connectivity index (χ1v) is 7.84. The molecule has 3 nitrogen and oxygen atoms in total. The Balaban J connectivity index is 1.90. The summed E-state index contributed by atoms with van der Waals surface area (Å²) >= 11 is 4.21. The number of hydrogen-bond donors (Lipinski definition) is 1. The predicted molar refractivity (Wildman–Crippen MR) is 78.0 cm³/mol. The minimum absolute atomic E-state index is 0.208. The van der Waals surface area contributed by atoms with E-state index < -0.39 is 0 Å². The van der Waals surface area contributed by atoms with Crippen LogP contribution in [0.15, 0.2) is 0 Å². The van der Waals surface area contributed by atoms with Gasteiger partial charge in [-0.15, -0.1) is 0 Å². The van der Waals surface area contributed by atoms with E-state index in [0.717, 1.165) is 25.4 Å². The van der Waals surface area contributed by atoms with E-state index in [9.17, 15) is 0 Å². The molecule has 0 N–H and O–H groups in total. The first kappa shape index (κ1) is 15.8. The Morgan fingerprint density at radius 3 is 2.44 bits per heavy atom. The van der Waals surface area contributed by atoms with Crippen molar-refractivity contribution in [3.63, 3.8) is 0 Å². The van der Waals surface area contributed by atoms with Gasteiger partial charge < -0.3 is 4.74 Å². The first-order valence-electron chi connectivity index (χ1n) is 7.21. The molecule has 0 aromatic carbocycles. The molecular formula is C14H26N2OS. The Kier molecular flexibility index (Phi) is 9.37. The van der Waals surface area contributed by atoms with Crippen LogP contribution in [0.25, 0.3) is 0 Å². The van der Waals surface area contributed by atoms with Gasteiger partial charge in [0.15, 0.2) is 6.10 Å². The van der Waals surface area contributed by atoms with Gasteiger partial charge in [-0.1, -0.05) is 32.1 Å². The molecule has 1 unspecified atom stereocenters. The molecule has 0 aromatic heterocycles. The van der Waals surface area contributed by atoms with Gasteiger partial charge in [-0.2, -0.15) is 17.9 Å². The molecule has 4 heteroatoms. The average Bonchev–Trinajstić information content (AvgIpc) is 2.42. The Morgan fingerprint density at radius 2 is 1.78 bits per heavy atom. The number of rotatable bonds is 9. The topological polar surface area (TPSA) is 36.3 Å². The summed E-state index contributed by atoms with van der Waals surface area (Å²) in [5.41, 5.74) is 0. The fourth-order valence-corrected chi connectivity index (χ4v) is 2.54. The van der Waals surface area contributed by atoms with Crippen LogP contribution in [-0.2, 0) is 4.74 Å². The maximum absolute atomic E-state index is 8.81. The van der Waals surface area contributed by atoms with Crippen LogP contribution in [0.4, 0.5) is 0 Å². The monoisotopic (exact) mass is 270 g/mol. The van der Waals surface area contributed by atoms with Crippen molar-refractivity contribution < 1.29 is 4.74 Å². The number of nitrogens with zero attached hydrogens (tertiary/aromatic N) is 2. The summed E-state index contributed by atoms with van der Waals surface area (Å²) in [7, 11) is 0. The fourth-order valence-electron chi connectivity index (χ4n) is 2.31. The van der Waals surface area contributed by atoms with Crippen molar-refractivity contribution in [1.82, 2.24) is 4.90 Å². The number of thiol groups is 1. The molecule has 1 fully saturated rings. The second-order valence-electron chi connectivity index (χ2n) is 4.99. The van der Waals surface area contributed by atoms with E-state index in [0.29, 0.717) is 6.61 Å². The number of unbranched alkanes of at least 4 members (excludes halogenated alkanes) is 6. The zero-order valence-corrected chi connectivity index (χ0v) is 12.2. The third-order valence-corrected chi connectivity index (χ3v) is 3.74. The molecule has 1 rings (SSSR count). The number of morpholine rings is 1. The van der Waals surface area contributed by atoms with Gasteiger partial charge in [0.25, 0.3) is 0 Å². The van der Waals surface area contributed by atoms with Crippen molar-refractivity contribution in [2.75, 3.05) is 32.0 Å². The van der Waals surface area contributed by atoms with Crippen LogP contribution in [-0.4, -0.2) is 43.0 Å². The van der Waals surface area contributed by atoms with Gasteiger partial charge >= 0.3 is 0 Å². The summed E-state index contributed by atoms with van der Waals surface area (Å²) in [5, 5.41) is 8.81. The Labute approximate surface area is 117 Å². The summed E-state index contributed by atoms with van der Waals surface area (Å²) in [6.07, 6.45) is 9.01. The third-order valence-electron chi connectivity index (χ3n) is 3.43. The van der Waals surface area contributed by atoms with Crippen molar-refractivity contribution in [3.05, 3.63) is 0 Å². The van der Waals surface area contributed by atoms with Crippen LogP contribution in [0.3, 0.4) is 0 Å². The molecule has 0 saturated carbocycles. The smallest absolute Gasteiger partial charge is 0.156 e. The van der Waals surface area contributed by atoms with Gasteiger partial charge in [0.05, 0.1) is 12.7 Å². The van der Waals surface area contributed by atoms with Gasteiger partial charge in [0.1, 0.15) is 0 Å². The quantitative estimate of drug-likeness (QED) is 0.517. The van der Waals surface area contributed by atoms with E-state index in [1.54, 1.807) is 0 Å². The van der Waals surface area contributed by atoms with E-state index in [2.05, 4.69) is 23.6 Å². The zero-order chi connectivity index (χ0) is 13.1. The highest BCUT2D eigenvalue weighted by molar-refractivity contribution is 7.80. The number of hydrogen-bond acceptors (Lipinski definition) is 4. The van der Waals surface area contributed by atoms with Crippen molar-refractivity contribution in [3.8, 4) is 6.07 Å². The molecule has 0 aromatic rings. The highest BCUT2D eigenvalue weighted by Gasteiger charge is 2.18. The molecule has 1 heterocycles. The van der Waals surface area contributed by atoms with Crippen LogP contribution in [0, 0.1) is 11.3 Å². The van der Waals surface area contributed by atoms with Crippen molar-refractivity contribution in [2.45, 2.75) is 51.0 Å². The molecule has 104 valence electrons. The lowest BCUT2D eigenvalue weighted by Gasteiger charge is -2.29. The second kappa shape index (κ2) is 10.7. The standard InChI is InChI=1S/C14H26N2OS/c15-12-14-13-16(9-10-17-14)8-6-4-2-1-3-5-7-11-18/h14,18H,1-11,13H2. The molecular weight excluding hydrogens is 244 g/mol. The molecule has 0 spiro atoms. The van der Waals surface area contributed by atoms with E-state index in [1.807, 2.05) is 0 Å². The minimum Gasteiger partial charge on any atom is -0.361 e. The average molecular weight is 270 g/mol. The number of nitriles is 1. The molecule has 1 aliphatic rings. The second-order valence-corrected chi connectivity index (χ2v) is 5.43. The molecule has 0 radical (unpaired) electrons. The van der Waals surface area contributed by atoms with Crippen molar-refractivity contribution >= 4 is 12.6 Å². The van der Waals surface area contributed by atoms with E-state index >= 15 is 0 Å². The molecule has 18 heavy (non-hydrogen) atoms. The van der Waals surface area contributed by atoms with Crippen LogP contribution < -0.4 is 0 Å². The lowest BCUT2D eigenvalue weighted by molar-refractivity contribution is 0.0000341. The van der Waals surface area contributed by atoms with Crippen LogP contribution >= 0.6 is 12.6 Å². The summed E-state index contributed by atoms with van der Waals surface area (Å²) in [4.78, 5) is 2.36. The van der Waals surface area contributed by atoms with Gasteiger partial charge in [-0.25, -0.2) is 0 Å². The molecule has 1 aliphatic heterocycles. The van der Waals surface area contributed by atoms with Gasteiger partial charge in [0, 0.05) is 13.1 Å². The highest BCUT2D eigenvalue weighted by atomic mass is 32.1. The van der Waals surface area contributed by atoms with Crippen molar-refractivity contribution in [2.24, 2.45) is 0 Å². The summed E-state index contributed by atoms with van der Waals surface area (Å²) < 4.78 is 5.33. The Hall–Kier alpha value is -0.240. The van der Waals surface area contributed by atoms with Crippen LogP contribution in [0.1, 0.15) is 44.9 Å². The lowest BCUT2D eigenvalue weighted by atomic mass is 10.1. The molecule has 0 bridgehead atoms. The Morgan fingerprint density at radius 1 is 1.11 bits per heavy atom. The highest BCUT2D eigenvalue weighted by Crippen LogP contribution is 2.10. The molecule has 1 atom stereocenters.